The summed E-state index contributed by atoms with van der Waals surface area (Å²) in [5.74, 6) is 0.0677. The molecular formula is C21H22FN5O. The van der Waals surface area contributed by atoms with Gasteiger partial charge in [0.15, 0.2) is 0 Å². The van der Waals surface area contributed by atoms with Crippen LogP contribution in [0.5, 0.6) is 0 Å². The number of nitrogens with two attached hydrogens (primary N) is 1. The Kier molecular flexibility index (Phi) is 4.03. The molecule has 0 saturated carbocycles. The molecule has 2 aliphatic heterocycles. The third-order valence-corrected chi connectivity index (χ3v) is 6.12. The van der Waals surface area contributed by atoms with Gasteiger partial charge in [-0.15, -0.1) is 0 Å². The lowest BCUT2D eigenvalue weighted by molar-refractivity contribution is 0.100. The molecule has 0 spiro atoms. The Balaban J connectivity index is 1.40. The number of amides is 1. The number of primary amides is 1. The molecule has 144 valence electrons. The van der Waals surface area contributed by atoms with E-state index in [0.29, 0.717) is 17.6 Å². The fourth-order valence-electron chi connectivity index (χ4n) is 4.93. The van der Waals surface area contributed by atoms with Crippen LogP contribution in [0.2, 0.25) is 0 Å². The van der Waals surface area contributed by atoms with Crippen LogP contribution in [0.25, 0.3) is 6.08 Å². The summed E-state index contributed by atoms with van der Waals surface area (Å²) in [7, 11) is 0. The minimum Gasteiger partial charge on any atom is -0.381 e. The Labute approximate surface area is 162 Å². The zero-order valence-corrected chi connectivity index (χ0v) is 15.4. The molecule has 5 rings (SSSR count). The molecular weight excluding hydrogens is 357 g/mol. The van der Waals surface area contributed by atoms with E-state index < -0.39 is 5.91 Å². The normalized spacial score (nSPS) is 25.0. The molecule has 3 N–H and O–H groups in total. The van der Waals surface area contributed by atoms with Gasteiger partial charge in [0.25, 0.3) is 5.91 Å². The summed E-state index contributed by atoms with van der Waals surface area (Å²) in [5.41, 5.74) is 8.81. The number of hydrogen-bond acceptors (Lipinski definition) is 5. The number of piperidine rings is 1. The van der Waals surface area contributed by atoms with Crippen LogP contribution in [-0.4, -0.2) is 34.0 Å². The quantitative estimate of drug-likeness (QED) is 0.853. The van der Waals surface area contributed by atoms with Crippen molar-refractivity contribution in [2.24, 2.45) is 5.73 Å². The first-order chi connectivity index (χ1) is 13.6. The van der Waals surface area contributed by atoms with E-state index in [2.05, 4.69) is 26.3 Å². The number of hydrogen-bond donors (Lipinski definition) is 2. The van der Waals surface area contributed by atoms with E-state index in [1.807, 2.05) is 6.08 Å². The largest absolute Gasteiger partial charge is 0.381 e. The fraction of sp³-hybridized carbons (Fsp3) is 0.381. The Bertz CT molecular complexity index is 944. The first-order valence-corrected chi connectivity index (χ1v) is 9.75. The number of anilines is 2. The molecule has 2 aromatic heterocycles. The van der Waals surface area contributed by atoms with Gasteiger partial charge in [-0.25, -0.2) is 9.37 Å². The van der Waals surface area contributed by atoms with Crippen molar-refractivity contribution in [2.75, 3.05) is 10.2 Å². The number of carbonyl (C=O) groups is 1. The highest BCUT2D eigenvalue weighted by Gasteiger charge is 2.41. The third-order valence-electron chi connectivity index (χ3n) is 6.12. The van der Waals surface area contributed by atoms with Gasteiger partial charge in [-0.05, 0) is 37.8 Å². The van der Waals surface area contributed by atoms with Gasteiger partial charge in [0, 0.05) is 36.3 Å². The molecule has 0 unspecified atom stereocenters. The van der Waals surface area contributed by atoms with Crippen LogP contribution in [-0.2, 0) is 6.42 Å². The predicted octanol–water partition coefficient (Wildman–Crippen LogP) is 2.90. The molecule has 0 aromatic carbocycles. The molecule has 7 heteroatoms. The van der Waals surface area contributed by atoms with Crippen molar-refractivity contribution in [3.63, 3.8) is 0 Å². The molecule has 2 atom stereocenters. The van der Waals surface area contributed by atoms with Gasteiger partial charge in [-0.3, -0.25) is 9.78 Å². The molecule has 1 aliphatic carbocycles. The lowest BCUT2D eigenvalue weighted by Gasteiger charge is -2.40. The minimum atomic E-state index is -0.464. The van der Waals surface area contributed by atoms with Crippen LogP contribution in [0.3, 0.4) is 0 Å². The summed E-state index contributed by atoms with van der Waals surface area (Å²) in [4.78, 5) is 22.9. The Morgan fingerprint density at radius 3 is 2.64 bits per heavy atom. The third kappa shape index (κ3) is 2.82. The Hall–Kier alpha value is -2.96. The van der Waals surface area contributed by atoms with Crippen molar-refractivity contribution in [2.45, 2.75) is 50.2 Å². The van der Waals surface area contributed by atoms with Crippen molar-refractivity contribution in [3.8, 4) is 0 Å². The Morgan fingerprint density at radius 1 is 1.18 bits per heavy atom. The second kappa shape index (κ2) is 6.58. The molecule has 6 nitrogen and oxygen atoms in total. The number of allylic oxidation sites excluding steroid dienone is 1. The molecule has 4 heterocycles. The number of nitrogens with one attached hydrogen (secondary N) is 1. The van der Waals surface area contributed by atoms with Crippen molar-refractivity contribution in [1.82, 2.24) is 9.97 Å². The lowest BCUT2D eigenvalue weighted by atomic mass is 9.96. The van der Waals surface area contributed by atoms with Crippen molar-refractivity contribution in [1.29, 1.82) is 0 Å². The highest BCUT2D eigenvalue weighted by molar-refractivity contribution is 6.00. The molecule has 1 amide bonds. The van der Waals surface area contributed by atoms with Gasteiger partial charge in [0.1, 0.15) is 11.6 Å². The van der Waals surface area contributed by atoms with E-state index in [4.69, 9.17) is 5.73 Å². The highest BCUT2D eigenvalue weighted by atomic mass is 19.1. The van der Waals surface area contributed by atoms with E-state index in [-0.39, 0.29) is 11.9 Å². The second-order valence-electron chi connectivity index (χ2n) is 7.82. The van der Waals surface area contributed by atoms with E-state index in [1.54, 1.807) is 12.3 Å². The van der Waals surface area contributed by atoms with Crippen LogP contribution in [0.4, 0.5) is 15.9 Å². The summed E-state index contributed by atoms with van der Waals surface area (Å²) in [6, 6.07) is 4.19. The Morgan fingerprint density at radius 2 is 1.96 bits per heavy atom. The van der Waals surface area contributed by atoms with Gasteiger partial charge in [0.2, 0.25) is 0 Å². The smallest absolute Gasteiger partial charge is 0.252 e. The number of aromatic nitrogens is 2. The number of nitrogens with zero attached hydrogens (tertiary/aromatic N) is 3. The van der Waals surface area contributed by atoms with Gasteiger partial charge >= 0.3 is 0 Å². The number of pyridine rings is 2. The van der Waals surface area contributed by atoms with Crippen molar-refractivity contribution in [3.05, 3.63) is 53.2 Å². The summed E-state index contributed by atoms with van der Waals surface area (Å²) in [6.07, 6.45) is 11.8. The average molecular weight is 379 g/mol. The van der Waals surface area contributed by atoms with Crippen molar-refractivity contribution < 1.29 is 9.18 Å². The summed E-state index contributed by atoms with van der Waals surface area (Å²) in [6.45, 7) is 0. The van der Waals surface area contributed by atoms with E-state index in [1.165, 1.54) is 12.3 Å². The average Bonchev–Trinajstić information content (AvgIpc) is 3.25. The van der Waals surface area contributed by atoms with Crippen LogP contribution in [0.1, 0.15) is 47.3 Å². The lowest BCUT2D eigenvalue weighted by Crippen LogP contribution is -2.47. The number of halogens is 1. The molecule has 2 bridgehead atoms. The van der Waals surface area contributed by atoms with Crippen LogP contribution in [0.15, 0.2) is 30.6 Å². The molecule has 28 heavy (non-hydrogen) atoms. The molecule has 2 saturated heterocycles. The first kappa shape index (κ1) is 17.2. The first-order valence-electron chi connectivity index (χ1n) is 9.75. The SMILES string of the molecule is NC(=O)c1cnc2c(c1NC1C[C@@H]3CC[C@@H](C1)N3c1ccc(F)cn1)C=CC2. The minimum absolute atomic E-state index is 0.243. The van der Waals surface area contributed by atoms with Crippen LogP contribution >= 0.6 is 0 Å². The van der Waals surface area contributed by atoms with Crippen LogP contribution in [0, 0.1) is 5.82 Å². The maximum absolute atomic E-state index is 13.2. The van der Waals surface area contributed by atoms with Crippen molar-refractivity contribution >= 4 is 23.5 Å². The number of carbonyl (C=O) groups excluding carboxylic acids is 1. The van der Waals surface area contributed by atoms with E-state index in [9.17, 15) is 9.18 Å². The highest BCUT2D eigenvalue weighted by Crippen LogP contribution is 2.40. The monoisotopic (exact) mass is 379 g/mol. The van der Waals surface area contributed by atoms with Gasteiger partial charge in [-0.2, -0.15) is 0 Å². The van der Waals surface area contributed by atoms with Gasteiger partial charge in [-0.1, -0.05) is 12.2 Å². The summed E-state index contributed by atoms with van der Waals surface area (Å²) < 4.78 is 13.2. The topological polar surface area (TPSA) is 84.1 Å². The predicted molar refractivity (Wildman–Crippen MR) is 106 cm³/mol. The maximum Gasteiger partial charge on any atom is 0.252 e. The molecule has 2 aromatic rings. The summed E-state index contributed by atoms with van der Waals surface area (Å²) >= 11 is 0. The molecule has 2 fully saturated rings. The maximum atomic E-state index is 13.2. The molecule has 3 aliphatic rings. The van der Waals surface area contributed by atoms with Gasteiger partial charge in [0.05, 0.1) is 23.1 Å². The second-order valence-corrected chi connectivity index (χ2v) is 7.82. The fourth-order valence-corrected chi connectivity index (χ4v) is 4.93. The van der Waals surface area contributed by atoms with E-state index >= 15 is 0 Å². The summed E-state index contributed by atoms with van der Waals surface area (Å²) in [5, 5.41) is 3.61. The van der Waals surface area contributed by atoms with Crippen LogP contribution < -0.4 is 16.0 Å². The zero-order chi connectivity index (χ0) is 19.3. The van der Waals surface area contributed by atoms with E-state index in [0.717, 1.165) is 54.9 Å². The van der Waals surface area contributed by atoms with Gasteiger partial charge < -0.3 is 16.0 Å². The number of rotatable bonds is 4. The standard InChI is InChI=1S/C21H22FN5O/c22-12-4-7-19(25-10-12)27-14-5-6-15(27)9-13(8-14)26-20-16-2-1-3-18(16)24-11-17(20)21(23)28/h1-2,4,7,10-11,13-15H,3,5-6,8-9H2,(H2,23,28)(H,24,26)/t14-,15-/m0/s1. The zero-order valence-electron chi connectivity index (χ0n) is 15.4. The molecule has 0 radical (unpaired) electrons. The number of fused-ring (bicyclic) bond motifs is 3.